The first kappa shape index (κ1) is 23.8. The molecule has 1 aliphatic rings. The highest BCUT2D eigenvalue weighted by Gasteiger charge is 2.27. The van der Waals surface area contributed by atoms with Crippen molar-refractivity contribution in [1.82, 2.24) is 0 Å². The number of ether oxygens (including phenoxy) is 2. The zero-order valence-electron chi connectivity index (χ0n) is 18.1. The fourth-order valence-electron chi connectivity index (χ4n) is 3.15. The van der Waals surface area contributed by atoms with Crippen molar-refractivity contribution in [3.63, 3.8) is 0 Å². The van der Waals surface area contributed by atoms with E-state index in [0.29, 0.717) is 5.69 Å². The van der Waals surface area contributed by atoms with Crippen molar-refractivity contribution in [2.45, 2.75) is 0 Å². The van der Waals surface area contributed by atoms with Crippen LogP contribution in [0.3, 0.4) is 0 Å². The number of phenols is 1. The van der Waals surface area contributed by atoms with Crippen LogP contribution in [0.15, 0.2) is 78.2 Å². The Balaban J connectivity index is 1.98. The number of amides is 1. The summed E-state index contributed by atoms with van der Waals surface area (Å²) >= 11 is 0. The molecule has 3 rings (SSSR count). The Morgan fingerprint density at radius 2 is 1.68 bits per heavy atom. The summed E-state index contributed by atoms with van der Waals surface area (Å²) in [7, 11) is 2.36. The summed E-state index contributed by atoms with van der Waals surface area (Å²) in [5, 5.41) is 21.4. The highest BCUT2D eigenvalue weighted by Crippen LogP contribution is 2.28. The van der Waals surface area contributed by atoms with Crippen LogP contribution in [0.2, 0.25) is 0 Å². The zero-order valence-corrected chi connectivity index (χ0v) is 18.1. The van der Waals surface area contributed by atoms with E-state index >= 15 is 0 Å². The van der Waals surface area contributed by atoms with Gasteiger partial charge in [-0.1, -0.05) is 12.1 Å². The highest BCUT2D eigenvalue weighted by atomic mass is 16.5. The van der Waals surface area contributed by atoms with Crippen LogP contribution >= 0.6 is 0 Å². The maximum absolute atomic E-state index is 12.8. The lowest BCUT2D eigenvalue weighted by atomic mass is 10.1. The number of aromatic hydroxyl groups is 1. The molecule has 0 aliphatic carbocycles. The van der Waals surface area contributed by atoms with Gasteiger partial charge in [-0.3, -0.25) is 4.79 Å². The molecule has 34 heavy (non-hydrogen) atoms. The average Bonchev–Trinajstić information content (AvgIpc) is 3.07. The molecule has 1 aliphatic heterocycles. The van der Waals surface area contributed by atoms with Crippen molar-refractivity contribution in [2.75, 3.05) is 24.4 Å². The molecule has 0 fully saturated rings. The van der Waals surface area contributed by atoms with E-state index in [2.05, 4.69) is 5.32 Å². The van der Waals surface area contributed by atoms with Gasteiger partial charge in [-0.15, -0.1) is 0 Å². The van der Waals surface area contributed by atoms with Crippen molar-refractivity contribution >= 4 is 35.2 Å². The van der Waals surface area contributed by atoms with Gasteiger partial charge in [0.1, 0.15) is 17.0 Å². The number of nitrogens with one attached hydrogen (secondary N) is 1. The molecule has 2 aromatic rings. The van der Waals surface area contributed by atoms with Gasteiger partial charge in [0.25, 0.3) is 5.91 Å². The number of methoxy groups -OCH3 is 2. The van der Waals surface area contributed by atoms with E-state index in [1.54, 1.807) is 24.3 Å². The minimum atomic E-state index is -1.35. The van der Waals surface area contributed by atoms with Crippen LogP contribution in [0.4, 0.5) is 11.4 Å². The Bertz CT molecular complexity index is 1260. The number of rotatable bonds is 6. The summed E-state index contributed by atoms with van der Waals surface area (Å²) in [5.74, 6) is -3.89. The minimum absolute atomic E-state index is 0.0421. The first-order valence-electron chi connectivity index (χ1n) is 9.79. The molecule has 0 saturated carbocycles. The van der Waals surface area contributed by atoms with Gasteiger partial charge in [0, 0.05) is 23.1 Å². The predicted octanol–water partition coefficient (Wildman–Crippen LogP) is 2.83. The molecule has 0 radical (unpaired) electrons. The summed E-state index contributed by atoms with van der Waals surface area (Å²) in [4.78, 5) is 50.3. The number of aromatic carboxylic acids is 1. The largest absolute Gasteiger partial charge is 0.507 e. The number of carboxylic acids is 1. The lowest BCUT2D eigenvalue weighted by Gasteiger charge is -2.23. The lowest BCUT2D eigenvalue weighted by molar-refractivity contribution is -0.139. The molecule has 1 heterocycles. The first-order valence-corrected chi connectivity index (χ1v) is 9.79. The molecular formula is C24H20N2O8. The highest BCUT2D eigenvalue weighted by molar-refractivity contribution is 6.07. The van der Waals surface area contributed by atoms with Crippen molar-refractivity contribution in [3.05, 3.63) is 89.3 Å². The molecule has 3 N–H and O–H groups in total. The average molecular weight is 464 g/mol. The Kier molecular flexibility index (Phi) is 7.12. The number of carboxylic acid groups (broad SMARTS) is 1. The molecule has 0 unspecified atom stereocenters. The van der Waals surface area contributed by atoms with Gasteiger partial charge in [-0.25, -0.2) is 14.4 Å². The first-order chi connectivity index (χ1) is 16.3. The minimum Gasteiger partial charge on any atom is -0.507 e. The summed E-state index contributed by atoms with van der Waals surface area (Å²) in [6.45, 7) is 0. The molecule has 10 nitrogen and oxygen atoms in total. The topological polar surface area (TPSA) is 142 Å². The van der Waals surface area contributed by atoms with E-state index in [4.69, 9.17) is 14.6 Å². The predicted molar refractivity (Wildman–Crippen MR) is 121 cm³/mol. The monoisotopic (exact) mass is 464 g/mol. The molecule has 2 aromatic carbocycles. The van der Waals surface area contributed by atoms with Crippen LogP contribution in [0.5, 0.6) is 5.75 Å². The van der Waals surface area contributed by atoms with E-state index in [1.807, 2.05) is 0 Å². The third-order valence-electron chi connectivity index (χ3n) is 4.76. The third-order valence-corrected chi connectivity index (χ3v) is 4.76. The van der Waals surface area contributed by atoms with E-state index in [1.165, 1.54) is 49.6 Å². The SMILES string of the molecule is COC(=O)C1=C(C(=O)OC)N(c2cccc(C(=O)Nc3ccc(O)c(C(=O)O)c3)c2)C=CC=C1. The van der Waals surface area contributed by atoms with Crippen LogP contribution in [0.25, 0.3) is 0 Å². The Hall–Kier alpha value is -4.86. The van der Waals surface area contributed by atoms with Crippen LogP contribution in [0, 0.1) is 0 Å². The molecule has 0 saturated heterocycles. The smallest absolute Gasteiger partial charge is 0.355 e. The summed E-state index contributed by atoms with van der Waals surface area (Å²) in [6.07, 6.45) is 6.08. The Morgan fingerprint density at radius 3 is 2.35 bits per heavy atom. The van der Waals surface area contributed by atoms with Crippen LogP contribution in [-0.4, -0.2) is 48.2 Å². The number of hydrogen-bond acceptors (Lipinski definition) is 8. The number of esters is 2. The van der Waals surface area contributed by atoms with Crippen LogP contribution in [-0.2, 0) is 19.1 Å². The summed E-state index contributed by atoms with van der Waals surface area (Å²) in [5.41, 5.74) is 0.189. The summed E-state index contributed by atoms with van der Waals surface area (Å²) in [6, 6.07) is 9.82. The van der Waals surface area contributed by atoms with E-state index in [-0.39, 0.29) is 28.1 Å². The van der Waals surface area contributed by atoms with Crippen molar-refractivity contribution < 1.29 is 38.9 Å². The fourth-order valence-corrected chi connectivity index (χ4v) is 3.15. The molecular weight excluding hydrogens is 444 g/mol. The van der Waals surface area contributed by atoms with Crippen molar-refractivity contribution in [1.29, 1.82) is 0 Å². The number of carbonyl (C=O) groups excluding carboxylic acids is 3. The van der Waals surface area contributed by atoms with E-state index in [0.717, 1.165) is 12.1 Å². The molecule has 0 bridgehead atoms. The number of hydrogen-bond donors (Lipinski definition) is 3. The summed E-state index contributed by atoms with van der Waals surface area (Å²) < 4.78 is 9.64. The number of carbonyl (C=O) groups is 4. The molecule has 0 aromatic heterocycles. The number of benzene rings is 2. The van der Waals surface area contributed by atoms with Crippen molar-refractivity contribution in [2.24, 2.45) is 0 Å². The van der Waals surface area contributed by atoms with Gasteiger partial charge in [-0.05, 0) is 48.6 Å². The molecule has 10 heteroatoms. The fraction of sp³-hybridized carbons (Fsp3) is 0.0833. The van der Waals surface area contributed by atoms with Gasteiger partial charge in [0.05, 0.1) is 19.8 Å². The lowest BCUT2D eigenvalue weighted by Crippen LogP contribution is -2.27. The Morgan fingerprint density at radius 1 is 0.941 bits per heavy atom. The quantitative estimate of drug-likeness (QED) is 0.434. The second kappa shape index (κ2) is 10.2. The number of allylic oxidation sites excluding steroid dienone is 2. The maximum atomic E-state index is 12.8. The third kappa shape index (κ3) is 4.96. The standard InChI is InChI=1S/C24H20N2O8/c1-33-23(31)17-8-3-4-11-26(20(17)24(32)34-2)16-7-5-6-14(12-16)21(28)25-15-9-10-19(27)18(13-15)22(29)30/h3-13,27H,1-2H3,(H,25,28)(H,29,30). The second-order valence-corrected chi connectivity index (χ2v) is 6.86. The van der Waals surface area contributed by atoms with E-state index < -0.39 is 29.6 Å². The maximum Gasteiger partial charge on any atom is 0.355 e. The van der Waals surface area contributed by atoms with Gasteiger partial charge in [0.2, 0.25) is 0 Å². The number of anilines is 2. The van der Waals surface area contributed by atoms with Crippen LogP contribution in [0.1, 0.15) is 20.7 Å². The zero-order chi connectivity index (χ0) is 24.8. The molecule has 0 spiro atoms. The van der Waals surface area contributed by atoms with Gasteiger partial charge in [0.15, 0.2) is 0 Å². The van der Waals surface area contributed by atoms with Gasteiger partial charge < -0.3 is 29.9 Å². The van der Waals surface area contributed by atoms with E-state index in [9.17, 15) is 24.3 Å². The normalized spacial score (nSPS) is 12.7. The van der Waals surface area contributed by atoms with Crippen molar-refractivity contribution in [3.8, 4) is 5.75 Å². The van der Waals surface area contributed by atoms with Crippen LogP contribution < -0.4 is 10.2 Å². The van der Waals surface area contributed by atoms with Gasteiger partial charge >= 0.3 is 17.9 Å². The van der Waals surface area contributed by atoms with Gasteiger partial charge in [-0.2, -0.15) is 0 Å². The Labute approximate surface area is 194 Å². The molecule has 1 amide bonds. The molecule has 174 valence electrons. The number of nitrogens with zero attached hydrogens (tertiary/aromatic N) is 1. The second-order valence-electron chi connectivity index (χ2n) is 6.86. The molecule has 0 atom stereocenters.